The van der Waals surface area contributed by atoms with E-state index in [2.05, 4.69) is 22.5 Å². The molecule has 2 rings (SSSR count). The van der Waals surface area contributed by atoms with Gasteiger partial charge in [-0.3, -0.25) is 9.69 Å². The second-order valence-electron chi connectivity index (χ2n) is 5.59. The zero-order chi connectivity index (χ0) is 12.8. The highest BCUT2D eigenvalue weighted by Gasteiger charge is 2.27. The van der Waals surface area contributed by atoms with Crippen LogP contribution in [0.4, 0.5) is 0 Å². The van der Waals surface area contributed by atoms with Crippen LogP contribution in [0.25, 0.3) is 0 Å². The normalized spacial score (nSPS) is 20.6. The Morgan fingerprint density at radius 2 is 1.94 bits per heavy atom. The Bertz CT molecular complexity index is 260. The van der Waals surface area contributed by atoms with Crippen LogP contribution >= 0.6 is 0 Å². The summed E-state index contributed by atoms with van der Waals surface area (Å²) in [6.45, 7) is 5.80. The predicted molar refractivity (Wildman–Crippen MR) is 73.5 cm³/mol. The third kappa shape index (κ3) is 4.58. The molecule has 0 aromatic rings. The number of hydrogen-bond donors (Lipinski definition) is 2. The number of carbonyl (C=O) groups excluding carboxylic acids is 1. The molecular formula is C14H27N3O. The molecule has 104 valence electrons. The van der Waals surface area contributed by atoms with Crippen molar-refractivity contribution >= 4 is 5.91 Å². The molecule has 0 spiro atoms. The number of likely N-dealkylation sites (N-methyl/N-ethyl adjacent to an activating group) is 1. The first-order valence-corrected chi connectivity index (χ1v) is 7.53. The quantitative estimate of drug-likeness (QED) is 0.637. The van der Waals surface area contributed by atoms with Gasteiger partial charge in [0.2, 0.25) is 5.91 Å². The molecular weight excluding hydrogens is 226 g/mol. The summed E-state index contributed by atoms with van der Waals surface area (Å²) in [5.74, 6) is 0.163. The number of nitrogens with one attached hydrogen (secondary N) is 2. The van der Waals surface area contributed by atoms with Crippen molar-refractivity contribution in [1.82, 2.24) is 15.5 Å². The molecule has 0 radical (unpaired) electrons. The molecule has 2 fully saturated rings. The lowest BCUT2D eigenvalue weighted by molar-refractivity contribution is -0.120. The molecule has 1 amide bonds. The summed E-state index contributed by atoms with van der Waals surface area (Å²) in [6, 6.07) is 1.27. The standard InChI is InChI=1S/C14H27N3O/c1-2-17(13-7-8-13)10-9-15-11-14(18)16-12-5-3-4-6-12/h12-13,15H,2-11H2,1H3,(H,16,18). The van der Waals surface area contributed by atoms with Crippen molar-refractivity contribution < 1.29 is 4.79 Å². The summed E-state index contributed by atoms with van der Waals surface area (Å²) in [4.78, 5) is 14.2. The van der Waals surface area contributed by atoms with E-state index in [1.165, 1.54) is 25.7 Å². The number of amides is 1. The molecule has 2 aliphatic rings. The second-order valence-corrected chi connectivity index (χ2v) is 5.59. The van der Waals surface area contributed by atoms with Crippen molar-refractivity contribution in [2.45, 2.75) is 57.5 Å². The van der Waals surface area contributed by atoms with Crippen LogP contribution in [0, 0.1) is 0 Å². The Morgan fingerprint density at radius 3 is 2.56 bits per heavy atom. The van der Waals surface area contributed by atoms with Gasteiger partial charge in [-0.1, -0.05) is 19.8 Å². The van der Waals surface area contributed by atoms with Gasteiger partial charge in [0.05, 0.1) is 6.54 Å². The van der Waals surface area contributed by atoms with Gasteiger partial charge in [-0.2, -0.15) is 0 Å². The van der Waals surface area contributed by atoms with E-state index in [-0.39, 0.29) is 5.91 Å². The Kier molecular flexibility index (Phi) is 5.45. The van der Waals surface area contributed by atoms with E-state index >= 15 is 0 Å². The second kappa shape index (κ2) is 7.10. The van der Waals surface area contributed by atoms with Crippen molar-refractivity contribution in [2.75, 3.05) is 26.2 Å². The molecule has 4 heteroatoms. The van der Waals surface area contributed by atoms with Crippen molar-refractivity contribution in [3.05, 3.63) is 0 Å². The minimum Gasteiger partial charge on any atom is -0.352 e. The van der Waals surface area contributed by atoms with Crippen LogP contribution in [0.2, 0.25) is 0 Å². The minimum absolute atomic E-state index is 0.163. The predicted octanol–water partition coefficient (Wildman–Crippen LogP) is 1.12. The lowest BCUT2D eigenvalue weighted by Gasteiger charge is -2.20. The monoisotopic (exact) mass is 253 g/mol. The molecule has 0 atom stereocenters. The van der Waals surface area contributed by atoms with Crippen LogP contribution < -0.4 is 10.6 Å². The summed E-state index contributed by atoms with van der Waals surface area (Å²) in [6.07, 6.45) is 7.58. The minimum atomic E-state index is 0.163. The van der Waals surface area contributed by atoms with Gasteiger partial charge in [-0.05, 0) is 32.2 Å². The van der Waals surface area contributed by atoms with Gasteiger partial charge in [0.1, 0.15) is 0 Å². The maximum absolute atomic E-state index is 11.7. The van der Waals surface area contributed by atoms with E-state index in [4.69, 9.17) is 0 Å². The Hall–Kier alpha value is -0.610. The summed E-state index contributed by atoms with van der Waals surface area (Å²) >= 11 is 0. The molecule has 0 aromatic heterocycles. The van der Waals surface area contributed by atoms with E-state index < -0.39 is 0 Å². The first kappa shape index (κ1) is 13.8. The van der Waals surface area contributed by atoms with Crippen LogP contribution in [-0.2, 0) is 4.79 Å². The van der Waals surface area contributed by atoms with Crippen LogP contribution in [0.5, 0.6) is 0 Å². The van der Waals surface area contributed by atoms with Gasteiger partial charge in [0, 0.05) is 25.2 Å². The van der Waals surface area contributed by atoms with E-state index in [1.807, 2.05) is 0 Å². The lowest BCUT2D eigenvalue weighted by Crippen LogP contribution is -2.41. The maximum Gasteiger partial charge on any atom is 0.234 e. The van der Waals surface area contributed by atoms with E-state index in [0.29, 0.717) is 12.6 Å². The van der Waals surface area contributed by atoms with Crippen LogP contribution in [0.3, 0.4) is 0 Å². The summed E-state index contributed by atoms with van der Waals surface area (Å²) in [5.41, 5.74) is 0. The number of carbonyl (C=O) groups is 1. The van der Waals surface area contributed by atoms with E-state index in [0.717, 1.165) is 38.5 Å². The molecule has 0 aliphatic heterocycles. The van der Waals surface area contributed by atoms with Gasteiger partial charge in [0.25, 0.3) is 0 Å². The number of rotatable bonds is 8. The van der Waals surface area contributed by atoms with Crippen molar-refractivity contribution in [3.8, 4) is 0 Å². The van der Waals surface area contributed by atoms with Gasteiger partial charge in [-0.25, -0.2) is 0 Å². The highest BCUT2D eigenvalue weighted by atomic mass is 16.1. The maximum atomic E-state index is 11.7. The highest BCUT2D eigenvalue weighted by Crippen LogP contribution is 2.25. The summed E-state index contributed by atoms with van der Waals surface area (Å²) in [5, 5.41) is 6.35. The Morgan fingerprint density at radius 1 is 1.22 bits per heavy atom. The molecule has 18 heavy (non-hydrogen) atoms. The van der Waals surface area contributed by atoms with Crippen molar-refractivity contribution in [2.24, 2.45) is 0 Å². The molecule has 0 saturated heterocycles. The average Bonchev–Trinajstić information content (AvgIpc) is 3.08. The molecule has 4 nitrogen and oxygen atoms in total. The fourth-order valence-corrected chi connectivity index (χ4v) is 2.81. The first-order valence-electron chi connectivity index (χ1n) is 7.53. The topological polar surface area (TPSA) is 44.4 Å². The fraction of sp³-hybridized carbons (Fsp3) is 0.929. The van der Waals surface area contributed by atoms with Gasteiger partial charge < -0.3 is 10.6 Å². The van der Waals surface area contributed by atoms with Crippen molar-refractivity contribution in [1.29, 1.82) is 0 Å². The van der Waals surface area contributed by atoms with Gasteiger partial charge in [0.15, 0.2) is 0 Å². The SMILES string of the molecule is CCN(CCNCC(=O)NC1CCCC1)C1CC1. The van der Waals surface area contributed by atoms with E-state index in [1.54, 1.807) is 0 Å². The zero-order valence-corrected chi connectivity index (χ0v) is 11.6. The summed E-state index contributed by atoms with van der Waals surface area (Å²) < 4.78 is 0. The average molecular weight is 253 g/mol. The third-order valence-electron chi connectivity index (χ3n) is 4.05. The third-order valence-corrected chi connectivity index (χ3v) is 4.05. The number of nitrogens with zero attached hydrogens (tertiary/aromatic N) is 1. The molecule has 0 unspecified atom stereocenters. The first-order chi connectivity index (χ1) is 8.79. The highest BCUT2D eigenvalue weighted by molar-refractivity contribution is 5.78. The molecule has 0 bridgehead atoms. The largest absolute Gasteiger partial charge is 0.352 e. The lowest BCUT2D eigenvalue weighted by atomic mass is 10.2. The van der Waals surface area contributed by atoms with Crippen LogP contribution in [-0.4, -0.2) is 49.1 Å². The smallest absolute Gasteiger partial charge is 0.234 e. The van der Waals surface area contributed by atoms with Gasteiger partial charge >= 0.3 is 0 Å². The summed E-state index contributed by atoms with van der Waals surface area (Å²) in [7, 11) is 0. The molecule has 2 N–H and O–H groups in total. The molecule has 0 heterocycles. The number of hydrogen-bond acceptors (Lipinski definition) is 3. The fourth-order valence-electron chi connectivity index (χ4n) is 2.81. The Labute approximate surface area is 110 Å². The van der Waals surface area contributed by atoms with Crippen LogP contribution in [0.1, 0.15) is 45.4 Å². The molecule has 0 aromatic carbocycles. The zero-order valence-electron chi connectivity index (χ0n) is 11.6. The Balaban J connectivity index is 1.50. The van der Waals surface area contributed by atoms with E-state index in [9.17, 15) is 4.79 Å². The van der Waals surface area contributed by atoms with Gasteiger partial charge in [-0.15, -0.1) is 0 Å². The van der Waals surface area contributed by atoms with Crippen LogP contribution in [0.15, 0.2) is 0 Å². The van der Waals surface area contributed by atoms with Crippen molar-refractivity contribution in [3.63, 3.8) is 0 Å². The molecule has 2 saturated carbocycles. The molecule has 2 aliphatic carbocycles.